The summed E-state index contributed by atoms with van der Waals surface area (Å²) in [4.78, 5) is 28.7. The third kappa shape index (κ3) is 1.68. The van der Waals surface area contributed by atoms with Crippen LogP contribution >= 0.6 is 0 Å². The molecule has 0 aromatic rings. The number of hydrogen-bond donors (Lipinski definition) is 0. The highest BCUT2D eigenvalue weighted by Crippen LogP contribution is 2.40. The monoisotopic (exact) mass is 238 g/mol. The Balaban J connectivity index is 1.91. The minimum atomic E-state index is -0.495. The molecule has 0 saturated carbocycles. The Bertz CT molecular complexity index is 353. The molecule has 5 nitrogen and oxygen atoms in total. The van der Waals surface area contributed by atoms with Crippen LogP contribution in [0.2, 0.25) is 0 Å². The molecule has 0 aliphatic carbocycles. The highest BCUT2D eigenvalue weighted by molar-refractivity contribution is 5.93. The van der Waals surface area contributed by atoms with Gasteiger partial charge >= 0.3 is 5.97 Å². The van der Waals surface area contributed by atoms with E-state index in [0.29, 0.717) is 0 Å². The maximum atomic E-state index is 12.4. The van der Waals surface area contributed by atoms with Crippen LogP contribution in [0.25, 0.3) is 0 Å². The van der Waals surface area contributed by atoms with Gasteiger partial charge in [-0.3, -0.25) is 9.59 Å². The van der Waals surface area contributed by atoms with Crippen LogP contribution in [0.3, 0.4) is 0 Å². The van der Waals surface area contributed by atoms with Gasteiger partial charge in [-0.25, -0.2) is 0 Å². The molecule has 5 heteroatoms. The van der Waals surface area contributed by atoms with Crippen LogP contribution in [0.5, 0.6) is 0 Å². The summed E-state index contributed by atoms with van der Waals surface area (Å²) >= 11 is 0. The van der Waals surface area contributed by atoms with Crippen molar-refractivity contribution in [3.63, 3.8) is 0 Å². The van der Waals surface area contributed by atoms with E-state index in [-0.39, 0.29) is 24.1 Å². The molecule has 4 fully saturated rings. The molecule has 4 rings (SSSR count). The summed E-state index contributed by atoms with van der Waals surface area (Å²) in [5.74, 6) is 0.129. The topological polar surface area (TPSA) is 49.9 Å². The Hall–Kier alpha value is -0.940. The first kappa shape index (κ1) is 11.2. The molecule has 4 heterocycles. The van der Waals surface area contributed by atoms with E-state index in [1.807, 2.05) is 0 Å². The molecule has 4 aliphatic heterocycles. The summed E-state index contributed by atoms with van der Waals surface area (Å²) in [5.41, 5.74) is -0.495. The van der Waals surface area contributed by atoms with Gasteiger partial charge in [-0.1, -0.05) is 0 Å². The lowest BCUT2D eigenvalue weighted by Crippen LogP contribution is -2.61. The number of methoxy groups -OCH3 is 1. The maximum absolute atomic E-state index is 12.4. The number of esters is 1. The minimum absolute atomic E-state index is 0.102. The van der Waals surface area contributed by atoms with Gasteiger partial charge in [0.15, 0.2) is 0 Å². The number of rotatable bonds is 2. The van der Waals surface area contributed by atoms with Gasteiger partial charge in [0, 0.05) is 45.2 Å². The molecule has 0 radical (unpaired) electrons. The van der Waals surface area contributed by atoms with E-state index in [1.165, 1.54) is 7.11 Å². The van der Waals surface area contributed by atoms with E-state index in [2.05, 4.69) is 9.80 Å². The Morgan fingerprint density at radius 3 is 2.47 bits per heavy atom. The lowest BCUT2D eigenvalue weighted by Gasteiger charge is -2.47. The van der Waals surface area contributed by atoms with Crippen molar-refractivity contribution in [2.75, 3.05) is 46.4 Å². The fraction of sp³-hybridized carbons (Fsp3) is 0.833. The number of hydrogen-bond acceptors (Lipinski definition) is 5. The molecule has 94 valence electrons. The van der Waals surface area contributed by atoms with E-state index >= 15 is 0 Å². The van der Waals surface area contributed by atoms with E-state index in [0.717, 1.165) is 39.3 Å². The zero-order valence-electron chi connectivity index (χ0n) is 10.1. The van der Waals surface area contributed by atoms with Crippen molar-refractivity contribution in [3.05, 3.63) is 0 Å². The maximum Gasteiger partial charge on any atom is 0.306 e. The fourth-order valence-corrected chi connectivity index (χ4v) is 3.64. The van der Waals surface area contributed by atoms with Crippen LogP contribution in [-0.2, 0) is 14.3 Å². The lowest BCUT2D eigenvalue weighted by atomic mass is 9.69. The Kier molecular flexibility index (Phi) is 2.48. The van der Waals surface area contributed by atoms with Crippen LogP contribution in [0, 0.1) is 11.3 Å². The Morgan fingerprint density at radius 1 is 1.35 bits per heavy atom. The molecule has 2 unspecified atom stereocenters. The number of Topliss-reactive ketones (excluding diaryl/α,β-unsaturated/α-hetero) is 1. The van der Waals surface area contributed by atoms with Gasteiger partial charge in [-0.05, 0) is 0 Å². The number of ether oxygens (including phenoxy) is 1. The van der Waals surface area contributed by atoms with Crippen LogP contribution in [0.4, 0.5) is 0 Å². The van der Waals surface area contributed by atoms with Gasteiger partial charge in [0.1, 0.15) is 5.78 Å². The van der Waals surface area contributed by atoms with Crippen LogP contribution in [0.1, 0.15) is 6.42 Å². The Labute approximate surface area is 101 Å². The zero-order chi connectivity index (χ0) is 12.0. The van der Waals surface area contributed by atoms with Gasteiger partial charge in [0.05, 0.1) is 18.9 Å². The molecule has 0 N–H and O–H groups in total. The van der Waals surface area contributed by atoms with Crippen molar-refractivity contribution in [1.82, 2.24) is 9.80 Å². The summed E-state index contributed by atoms with van der Waals surface area (Å²) in [5, 5.41) is 0. The number of ketones is 1. The smallest absolute Gasteiger partial charge is 0.306 e. The van der Waals surface area contributed by atoms with Crippen molar-refractivity contribution < 1.29 is 14.3 Å². The molecule has 17 heavy (non-hydrogen) atoms. The van der Waals surface area contributed by atoms with Crippen LogP contribution in [0.15, 0.2) is 0 Å². The number of carbonyl (C=O) groups is 2. The van der Waals surface area contributed by atoms with Crippen molar-refractivity contribution in [2.24, 2.45) is 11.3 Å². The van der Waals surface area contributed by atoms with Gasteiger partial charge in [0.25, 0.3) is 0 Å². The van der Waals surface area contributed by atoms with Crippen molar-refractivity contribution in [2.45, 2.75) is 6.42 Å². The SMILES string of the molecule is COC(=O)CC12CN3CCN(CC(C3)C1=O)C2. The molecule has 0 aromatic carbocycles. The van der Waals surface area contributed by atoms with Crippen molar-refractivity contribution >= 4 is 11.8 Å². The molecule has 0 aromatic heterocycles. The largest absolute Gasteiger partial charge is 0.469 e. The normalized spacial score (nSPS) is 43.6. The summed E-state index contributed by atoms with van der Waals surface area (Å²) in [6.07, 6.45) is 0.242. The highest BCUT2D eigenvalue weighted by atomic mass is 16.5. The highest BCUT2D eigenvalue weighted by Gasteiger charge is 2.54. The van der Waals surface area contributed by atoms with E-state index in [9.17, 15) is 9.59 Å². The van der Waals surface area contributed by atoms with E-state index < -0.39 is 5.41 Å². The van der Waals surface area contributed by atoms with E-state index in [4.69, 9.17) is 4.74 Å². The summed E-state index contributed by atoms with van der Waals surface area (Å²) in [6.45, 7) is 5.25. The third-order valence-electron chi connectivity index (χ3n) is 4.35. The molecule has 0 amide bonds. The predicted molar refractivity (Wildman–Crippen MR) is 60.4 cm³/mol. The first-order valence-electron chi connectivity index (χ1n) is 6.19. The zero-order valence-corrected chi connectivity index (χ0v) is 10.1. The van der Waals surface area contributed by atoms with Gasteiger partial charge in [-0.2, -0.15) is 0 Å². The second kappa shape index (κ2) is 3.78. The number of fused-ring (bicyclic) bond motifs is 1. The quantitative estimate of drug-likeness (QED) is 0.599. The second-order valence-electron chi connectivity index (χ2n) is 5.56. The number of piperidine rings is 2. The van der Waals surface area contributed by atoms with Crippen LogP contribution in [-0.4, -0.2) is 67.9 Å². The molecular formula is C12H18N2O3. The molecular weight excluding hydrogens is 220 g/mol. The molecule has 0 spiro atoms. The van der Waals surface area contributed by atoms with Gasteiger partial charge in [0.2, 0.25) is 0 Å². The molecule has 4 saturated heterocycles. The van der Waals surface area contributed by atoms with Crippen molar-refractivity contribution in [3.8, 4) is 0 Å². The molecule has 4 aliphatic rings. The summed E-state index contributed by atoms with van der Waals surface area (Å²) in [7, 11) is 1.39. The standard InChI is InChI=1S/C12H18N2O3/c1-17-10(15)4-12-7-13-2-3-14(8-12)6-9(5-13)11(12)16/h9H,2-8H2,1H3. The average molecular weight is 238 g/mol. The van der Waals surface area contributed by atoms with Crippen molar-refractivity contribution in [1.29, 1.82) is 0 Å². The predicted octanol–water partition coefficient (Wildman–Crippen LogP) is -0.634. The first-order chi connectivity index (χ1) is 8.13. The average Bonchev–Trinajstić information content (AvgIpc) is 2.53. The lowest BCUT2D eigenvalue weighted by molar-refractivity contribution is -0.156. The number of carbonyl (C=O) groups excluding carboxylic acids is 2. The fourth-order valence-electron chi connectivity index (χ4n) is 3.64. The van der Waals surface area contributed by atoms with E-state index in [1.54, 1.807) is 0 Å². The summed E-state index contributed by atoms with van der Waals surface area (Å²) < 4.78 is 4.75. The first-order valence-corrected chi connectivity index (χ1v) is 6.19. The minimum Gasteiger partial charge on any atom is -0.469 e. The Morgan fingerprint density at radius 2 is 1.94 bits per heavy atom. The summed E-state index contributed by atoms with van der Waals surface area (Å²) in [6, 6.07) is 0. The molecule has 2 atom stereocenters. The van der Waals surface area contributed by atoms with Crippen LogP contribution < -0.4 is 0 Å². The number of nitrogens with zero attached hydrogens (tertiary/aromatic N) is 2. The second-order valence-corrected chi connectivity index (χ2v) is 5.56. The third-order valence-corrected chi connectivity index (χ3v) is 4.35. The molecule has 4 bridgehead atoms. The van der Waals surface area contributed by atoms with Gasteiger partial charge < -0.3 is 14.5 Å². The van der Waals surface area contributed by atoms with Gasteiger partial charge in [-0.15, -0.1) is 0 Å².